The molecule has 0 radical (unpaired) electrons. The van der Waals surface area contributed by atoms with Crippen LogP contribution in [0, 0.1) is 6.92 Å². The lowest BCUT2D eigenvalue weighted by molar-refractivity contribution is 0.773. The molecule has 1 saturated heterocycles. The van der Waals surface area contributed by atoms with Gasteiger partial charge in [0.1, 0.15) is 10.6 Å². The summed E-state index contributed by atoms with van der Waals surface area (Å²) in [7, 11) is 0. The Labute approximate surface area is 120 Å². The Bertz CT molecular complexity index is 584. The van der Waals surface area contributed by atoms with Gasteiger partial charge in [-0.15, -0.1) is 11.3 Å². The lowest BCUT2D eigenvalue weighted by Gasteiger charge is -2.31. The van der Waals surface area contributed by atoms with Crippen LogP contribution in [0.15, 0.2) is 6.07 Å². The van der Waals surface area contributed by atoms with Crippen molar-refractivity contribution in [2.24, 2.45) is 0 Å². The largest absolute Gasteiger partial charge is 0.354 e. The maximum Gasteiger partial charge on any atom is 0.225 e. The van der Waals surface area contributed by atoms with Gasteiger partial charge in [-0.25, -0.2) is 4.98 Å². The van der Waals surface area contributed by atoms with E-state index < -0.39 is 0 Å². The molecule has 1 atom stereocenters. The molecule has 1 aliphatic heterocycles. The third-order valence-electron chi connectivity index (χ3n) is 3.01. The molecule has 18 heavy (non-hydrogen) atoms. The first kappa shape index (κ1) is 12.5. The van der Waals surface area contributed by atoms with Crippen LogP contribution in [0.25, 0.3) is 10.2 Å². The van der Waals surface area contributed by atoms with Gasteiger partial charge in [0.15, 0.2) is 0 Å². The number of aryl methyl sites for hydroxylation is 1. The Morgan fingerprint density at radius 2 is 2.28 bits per heavy atom. The molecule has 6 heteroatoms. The van der Waals surface area contributed by atoms with E-state index in [0.29, 0.717) is 10.5 Å². The number of hydrogen-bond donors (Lipinski definition) is 0. The van der Waals surface area contributed by atoms with Gasteiger partial charge in [0.25, 0.3) is 0 Å². The minimum atomic E-state index is 0.352. The van der Waals surface area contributed by atoms with Crippen molar-refractivity contribution in [3.05, 3.63) is 16.2 Å². The molecule has 0 bridgehead atoms. The van der Waals surface area contributed by atoms with E-state index in [1.54, 1.807) is 11.3 Å². The number of nitrogens with zero attached hydrogens (tertiary/aromatic N) is 3. The molecule has 2 aromatic rings. The van der Waals surface area contributed by atoms with Gasteiger partial charge >= 0.3 is 0 Å². The molecular weight excluding hydrogens is 286 g/mol. The van der Waals surface area contributed by atoms with E-state index in [0.717, 1.165) is 34.9 Å². The number of aromatic nitrogens is 2. The normalized spacial score (nSPS) is 20.6. The van der Waals surface area contributed by atoms with E-state index in [9.17, 15) is 0 Å². The highest BCUT2D eigenvalue weighted by molar-refractivity contribution is 8.00. The molecule has 1 aliphatic rings. The minimum Gasteiger partial charge on any atom is -0.354 e. The molecule has 0 N–H and O–H groups in total. The van der Waals surface area contributed by atoms with E-state index in [4.69, 9.17) is 11.6 Å². The van der Waals surface area contributed by atoms with Crippen LogP contribution in [-0.2, 0) is 0 Å². The maximum absolute atomic E-state index is 6.04. The van der Waals surface area contributed by atoms with Crippen LogP contribution < -0.4 is 4.90 Å². The van der Waals surface area contributed by atoms with E-state index in [1.807, 2.05) is 11.8 Å². The second kappa shape index (κ2) is 4.87. The summed E-state index contributed by atoms with van der Waals surface area (Å²) in [6.07, 6.45) is 0. The topological polar surface area (TPSA) is 29.0 Å². The summed E-state index contributed by atoms with van der Waals surface area (Å²) in [6.45, 7) is 6.42. The number of anilines is 1. The summed E-state index contributed by atoms with van der Waals surface area (Å²) in [5.41, 5.74) is 0. The molecule has 0 spiro atoms. The van der Waals surface area contributed by atoms with E-state index in [-0.39, 0.29) is 0 Å². The van der Waals surface area contributed by atoms with Crippen molar-refractivity contribution in [3.8, 4) is 0 Å². The Kier molecular flexibility index (Phi) is 3.38. The number of fused-ring (bicyclic) bond motifs is 1. The fourth-order valence-corrected chi connectivity index (χ4v) is 4.36. The van der Waals surface area contributed by atoms with Gasteiger partial charge in [0.2, 0.25) is 5.28 Å². The molecule has 1 unspecified atom stereocenters. The first-order chi connectivity index (χ1) is 8.63. The van der Waals surface area contributed by atoms with Gasteiger partial charge in [0, 0.05) is 29.0 Å². The zero-order valence-corrected chi connectivity index (χ0v) is 12.7. The van der Waals surface area contributed by atoms with Crippen LogP contribution >= 0.6 is 34.7 Å². The third-order valence-corrected chi connectivity index (χ3v) is 5.26. The first-order valence-electron chi connectivity index (χ1n) is 5.94. The molecule has 0 amide bonds. The van der Waals surface area contributed by atoms with Gasteiger partial charge in [0.05, 0.1) is 5.39 Å². The van der Waals surface area contributed by atoms with Crippen molar-refractivity contribution >= 4 is 50.7 Å². The van der Waals surface area contributed by atoms with Crippen molar-refractivity contribution in [1.82, 2.24) is 9.97 Å². The molecule has 1 fully saturated rings. The average molecular weight is 300 g/mol. The van der Waals surface area contributed by atoms with E-state index in [1.165, 1.54) is 4.88 Å². The number of rotatable bonds is 1. The van der Waals surface area contributed by atoms with Crippen LogP contribution in [0.3, 0.4) is 0 Å². The highest BCUT2D eigenvalue weighted by Gasteiger charge is 2.21. The molecule has 0 aromatic carbocycles. The zero-order chi connectivity index (χ0) is 12.7. The fourth-order valence-electron chi connectivity index (χ4n) is 2.25. The predicted molar refractivity (Wildman–Crippen MR) is 81.3 cm³/mol. The highest BCUT2D eigenvalue weighted by Crippen LogP contribution is 2.33. The SMILES string of the molecule is Cc1cc2c(N3CCSC(C)C3)nc(Cl)nc2s1. The summed E-state index contributed by atoms with van der Waals surface area (Å²) >= 11 is 9.73. The summed E-state index contributed by atoms with van der Waals surface area (Å²) in [6, 6.07) is 2.16. The molecular formula is C12H14ClN3S2. The van der Waals surface area contributed by atoms with Crippen LogP contribution in [0.4, 0.5) is 5.82 Å². The van der Waals surface area contributed by atoms with Gasteiger partial charge in [-0.2, -0.15) is 16.7 Å². The summed E-state index contributed by atoms with van der Waals surface area (Å²) in [4.78, 5) is 13.3. The van der Waals surface area contributed by atoms with E-state index in [2.05, 4.69) is 34.8 Å². The minimum absolute atomic E-state index is 0.352. The number of hydrogen-bond acceptors (Lipinski definition) is 5. The Balaban J connectivity index is 2.09. The fraction of sp³-hybridized carbons (Fsp3) is 0.500. The quantitative estimate of drug-likeness (QED) is 0.753. The Morgan fingerprint density at radius 3 is 3.06 bits per heavy atom. The third kappa shape index (κ3) is 2.31. The van der Waals surface area contributed by atoms with Crippen molar-refractivity contribution in [2.75, 3.05) is 23.7 Å². The lowest BCUT2D eigenvalue weighted by Crippen LogP contribution is -2.37. The molecule has 0 saturated carbocycles. The molecule has 2 aromatic heterocycles. The molecule has 3 heterocycles. The second-order valence-corrected chi connectivity index (χ2v) is 7.64. The van der Waals surface area contributed by atoms with Crippen LogP contribution in [0.5, 0.6) is 0 Å². The van der Waals surface area contributed by atoms with Crippen molar-refractivity contribution in [2.45, 2.75) is 19.1 Å². The Morgan fingerprint density at radius 1 is 1.44 bits per heavy atom. The van der Waals surface area contributed by atoms with Gasteiger partial charge in [-0.05, 0) is 24.6 Å². The second-order valence-electron chi connectivity index (χ2n) is 4.52. The zero-order valence-electron chi connectivity index (χ0n) is 10.3. The summed E-state index contributed by atoms with van der Waals surface area (Å²) < 4.78 is 0. The first-order valence-corrected chi connectivity index (χ1v) is 8.18. The average Bonchev–Trinajstić information content (AvgIpc) is 2.68. The van der Waals surface area contributed by atoms with Crippen LogP contribution in [-0.4, -0.2) is 34.1 Å². The number of halogens is 1. The smallest absolute Gasteiger partial charge is 0.225 e. The highest BCUT2D eigenvalue weighted by atomic mass is 35.5. The summed E-state index contributed by atoms with van der Waals surface area (Å²) in [5, 5.41) is 2.13. The Hall–Kier alpha value is -0.520. The molecule has 96 valence electrons. The van der Waals surface area contributed by atoms with Gasteiger partial charge < -0.3 is 4.90 Å². The van der Waals surface area contributed by atoms with Crippen molar-refractivity contribution in [1.29, 1.82) is 0 Å². The van der Waals surface area contributed by atoms with Crippen LogP contribution in [0.2, 0.25) is 5.28 Å². The number of thiophene rings is 1. The van der Waals surface area contributed by atoms with Crippen molar-refractivity contribution in [3.63, 3.8) is 0 Å². The maximum atomic E-state index is 6.04. The van der Waals surface area contributed by atoms with Gasteiger partial charge in [-0.1, -0.05) is 6.92 Å². The lowest BCUT2D eigenvalue weighted by atomic mass is 10.3. The predicted octanol–water partition coefficient (Wildman–Crippen LogP) is 3.59. The summed E-state index contributed by atoms with van der Waals surface area (Å²) in [5.74, 6) is 2.15. The van der Waals surface area contributed by atoms with Crippen molar-refractivity contribution < 1.29 is 0 Å². The number of thioether (sulfide) groups is 1. The van der Waals surface area contributed by atoms with Crippen LogP contribution in [0.1, 0.15) is 11.8 Å². The molecule has 0 aliphatic carbocycles. The standard InChI is InChI=1S/C12H14ClN3S2/c1-7-5-9-10(14-12(13)15-11(9)18-7)16-3-4-17-8(2)6-16/h5,8H,3-4,6H2,1-2H3. The van der Waals surface area contributed by atoms with E-state index >= 15 is 0 Å². The molecule has 3 rings (SSSR count). The van der Waals surface area contributed by atoms with Gasteiger partial charge in [-0.3, -0.25) is 0 Å². The monoisotopic (exact) mass is 299 g/mol. The molecule has 3 nitrogen and oxygen atoms in total.